The van der Waals surface area contributed by atoms with Crippen molar-refractivity contribution in [1.29, 1.82) is 0 Å². The van der Waals surface area contributed by atoms with Crippen molar-refractivity contribution in [3.05, 3.63) is 194 Å². The third kappa shape index (κ3) is 4.70. The highest BCUT2D eigenvalue weighted by Crippen LogP contribution is 2.42. The van der Waals surface area contributed by atoms with Gasteiger partial charge in [0.15, 0.2) is 5.82 Å². The van der Waals surface area contributed by atoms with E-state index in [1.165, 1.54) is 43.6 Å². The van der Waals surface area contributed by atoms with Gasteiger partial charge in [-0.3, -0.25) is 0 Å². The molecular formula is C50H32N4. The average molecular weight is 689 g/mol. The predicted molar refractivity (Wildman–Crippen MR) is 225 cm³/mol. The van der Waals surface area contributed by atoms with E-state index in [1.807, 2.05) is 18.2 Å². The van der Waals surface area contributed by atoms with Gasteiger partial charge in [-0.1, -0.05) is 133 Å². The van der Waals surface area contributed by atoms with E-state index < -0.39 is 0 Å². The second kappa shape index (κ2) is 12.1. The molecule has 3 aromatic heterocycles. The van der Waals surface area contributed by atoms with Crippen LogP contribution < -0.4 is 0 Å². The summed E-state index contributed by atoms with van der Waals surface area (Å²) < 4.78 is 4.82. The van der Waals surface area contributed by atoms with Crippen LogP contribution in [0.2, 0.25) is 0 Å². The monoisotopic (exact) mass is 688 g/mol. The Balaban J connectivity index is 1.09. The first-order valence-electron chi connectivity index (χ1n) is 18.3. The van der Waals surface area contributed by atoms with Gasteiger partial charge in [0, 0.05) is 49.4 Å². The minimum Gasteiger partial charge on any atom is -0.309 e. The third-order valence-electron chi connectivity index (χ3n) is 10.7. The van der Waals surface area contributed by atoms with Crippen LogP contribution in [0.4, 0.5) is 0 Å². The van der Waals surface area contributed by atoms with Crippen LogP contribution in [-0.4, -0.2) is 19.1 Å². The van der Waals surface area contributed by atoms with Crippen molar-refractivity contribution in [1.82, 2.24) is 19.1 Å². The molecule has 11 aromatic rings. The maximum absolute atomic E-state index is 5.15. The summed E-state index contributed by atoms with van der Waals surface area (Å²) in [6.07, 6.45) is 0. The van der Waals surface area contributed by atoms with Crippen molar-refractivity contribution in [2.24, 2.45) is 0 Å². The minimum absolute atomic E-state index is 0.714. The first-order chi connectivity index (χ1) is 26.8. The summed E-state index contributed by atoms with van der Waals surface area (Å²) in [5.74, 6) is 0.714. The molecule has 0 N–H and O–H groups in total. The summed E-state index contributed by atoms with van der Waals surface area (Å²) in [6, 6.07) is 69.0. The van der Waals surface area contributed by atoms with Crippen molar-refractivity contribution in [2.75, 3.05) is 0 Å². The van der Waals surface area contributed by atoms with E-state index in [1.54, 1.807) is 0 Å². The smallest absolute Gasteiger partial charge is 0.160 e. The standard InChI is InChI=1S/C50H32N4/c1-3-15-33(16-4-1)49-39-23-7-10-26-42(39)51-50(52-49)36-19-13-17-34(31-36)35-18-14-22-38(32-35)54-44-28-12-9-25-41(44)48-46(54)30-29-45-47(48)40-24-8-11-27-43(40)53(45)37-20-5-2-6-21-37/h1-32H. The minimum atomic E-state index is 0.714. The zero-order valence-corrected chi connectivity index (χ0v) is 29.3. The zero-order chi connectivity index (χ0) is 35.6. The number of rotatable bonds is 5. The molecule has 0 bridgehead atoms. The zero-order valence-electron chi connectivity index (χ0n) is 29.3. The Kier molecular flexibility index (Phi) is 6.82. The lowest BCUT2D eigenvalue weighted by Crippen LogP contribution is -1.96. The summed E-state index contributed by atoms with van der Waals surface area (Å²) in [4.78, 5) is 10.2. The Morgan fingerprint density at radius 1 is 0.315 bits per heavy atom. The molecule has 0 fully saturated rings. The van der Waals surface area contributed by atoms with Crippen LogP contribution in [0.3, 0.4) is 0 Å². The first kappa shape index (κ1) is 30.3. The van der Waals surface area contributed by atoms with E-state index in [0.29, 0.717) is 5.82 Å². The SMILES string of the molecule is c1ccc(-c2nc(-c3cccc(-c4cccc(-n5c6ccccc6c6c7c8ccccc8n(-c8ccccc8)c7ccc65)c4)c3)nc3ccccc23)cc1. The van der Waals surface area contributed by atoms with Gasteiger partial charge in [-0.2, -0.15) is 0 Å². The van der Waals surface area contributed by atoms with Crippen LogP contribution in [0.15, 0.2) is 194 Å². The number of aromatic nitrogens is 4. The summed E-state index contributed by atoms with van der Waals surface area (Å²) in [5.41, 5.74) is 13.2. The van der Waals surface area contributed by atoms with Gasteiger partial charge in [0.25, 0.3) is 0 Å². The van der Waals surface area contributed by atoms with E-state index in [4.69, 9.17) is 9.97 Å². The number of para-hydroxylation sites is 4. The Morgan fingerprint density at radius 3 is 1.52 bits per heavy atom. The molecule has 252 valence electrons. The molecule has 11 rings (SSSR count). The molecule has 4 nitrogen and oxygen atoms in total. The molecule has 0 atom stereocenters. The summed E-state index contributed by atoms with van der Waals surface area (Å²) in [7, 11) is 0. The highest BCUT2D eigenvalue weighted by molar-refractivity contribution is 6.28. The van der Waals surface area contributed by atoms with Gasteiger partial charge >= 0.3 is 0 Å². The van der Waals surface area contributed by atoms with Crippen LogP contribution in [0, 0.1) is 0 Å². The Labute approximate surface area is 311 Å². The van der Waals surface area contributed by atoms with Crippen LogP contribution >= 0.6 is 0 Å². The number of fused-ring (bicyclic) bond motifs is 8. The maximum Gasteiger partial charge on any atom is 0.160 e. The normalized spacial score (nSPS) is 11.7. The lowest BCUT2D eigenvalue weighted by Gasteiger charge is -2.12. The molecule has 0 unspecified atom stereocenters. The fourth-order valence-corrected chi connectivity index (χ4v) is 8.34. The number of hydrogen-bond donors (Lipinski definition) is 0. The van der Waals surface area contributed by atoms with Crippen LogP contribution in [-0.2, 0) is 0 Å². The quantitative estimate of drug-likeness (QED) is 0.180. The molecule has 0 saturated carbocycles. The van der Waals surface area contributed by atoms with E-state index in [0.717, 1.165) is 50.2 Å². The van der Waals surface area contributed by atoms with Gasteiger partial charge in [0.2, 0.25) is 0 Å². The molecule has 0 spiro atoms. The molecule has 8 aromatic carbocycles. The van der Waals surface area contributed by atoms with Gasteiger partial charge in [-0.25, -0.2) is 9.97 Å². The average Bonchev–Trinajstić information content (AvgIpc) is 3.77. The van der Waals surface area contributed by atoms with Gasteiger partial charge < -0.3 is 9.13 Å². The van der Waals surface area contributed by atoms with Crippen LogP contribution in [0.25, 0.3) is 99.7 Å². The summed E-state index contributed by atoms with van der Waals surface area (Å²) in [6.45, 7) is 0. The third-order valence-corrected chi connectivity index (χ3v) is 10.7. The molecule has 0 radical (unpaired) electrons. The predicted octanol–water partition coefficient (Wildman–Crippen LogP) is 12.8. The highest BCUT2D eigenvalue weighted by atomic mass is 15.0. The summed E-state index contributed by atoms with van der Waals surface area (Å²) in [5, 5.41) is 6.08. The lowest BCUT2D eigenvalue weighted by atomic mass is 10.0. The lowest BCUT2D eigenvalue weighted by molar-refractivity contribution is 1.17. The Morgan fingerprint density at radius 2 is 0.815 bits per heavy atom. The second-order valence-corrected chi connectivity index (χ2v) is 13.8. The van der Waals surface area contributed by atoms with Crippen molar-refractivity contribution in [3.8, 4) is 45.1 Å². The Hall–Kier alpha value is -7.30. The van der Waals surface area contributed by atoms with E-state index in [9.17, 15) is 0 Å². The molecule has 54 heavy (non-hydrogen) atoms. The van der Waals surface area contributed by atoms with Crippen molar-refractivity contribution in [2.45, 2.75) is 0 Å². The fraction of sp³-hybridized carbons (Fsp3) is 0. The van der Waals surface area contributed by atoms with Crippen molar-refractivity contribution in [3.63, 3.8) is 0 Å². The molecule has 0 aliphatic rings. The molecule has 0 aliphatic carbocycles. The number of nitrogens with zero attached hydrogens (tertiary/aromatic N) is 4. The largest absolute Gasteiger partial charge is 0.309 e. The van der Waals surface area contributed by atoms with Crippen LogP contribution in [0.1, 0.15) is 0 Å². The Bertz CT molecular complexity index is 3210. The fourth-order valence-electron chi connectivity index (χ4n) is 8.34. The van der Waals surface area contributed by atoms with E-state index in [2.05, 4.69) is 185 Å². The van der Waals surface area contributed by atoms with Gasteiger partial charge in [-0.05, 0) is 71.8 Å². The molecular weight excluding hydrogens is 657 g/mol. The maximum atomic E-state index is 5.15. The van der Waals surface area contributed by atoms with Crippen molar-refractivity contribution < 1.29 is 0 Å². The van der Waals surface area contributed by atoms with Gasteiger partial charge in [0.1, 0.15) is 0 Å². The van der Waals surface area contributed by atoms with Crippen LogP contribution in [0.5, 0.6) is 0 Å². The topological polar surface area (TPSA) is 35.6 Å². The first-order valence-corrected chi connectivity index (χ1v) is 18.3. The van der Waals surface area contributed by atoms with E-state index >= 15 is 0 Å². The van der Waals surface area contributed by atoms with Crippen molar-refractivity contribution >= 4 is 54.5 Å². The summed E-state index contributed by atoms with van der Waals surface area (Å²) >= 11 is 0. The molecule has 3 heterocycles. The molecule has 0 amide bonds. The van der Waals surface area contributed by atoms with Gasteiger partial charge in [0.05, 0.1) is 33.3 Å². The van der Waals surface area contributed by atoms with E-state index in [-0.39, 0.29) is 0 Å². The number of hydrogen-bond acceptors (Lipinski definition) is 2. The highest BCUT2D eigenvalue weighted by Gasteiger charge is 2.20. The second-order valence-electron chi connectivity index (χ2n) is 13.8. The molecule has 0 aliphatic heterocycles. The number of benzene rings is 8. The van der Waals surface area contributed by atoms with Gasteiger partial charge in [-0.15, -0.1) is 0 Å². The molecule has 4 heteroatoms. The molecule has 0 saturated heterocycles.